The zero-order valence-electron chi connectivity index (χ0n) is 8.80. The van der Waals surface area contributed by atoms with E-state index in [1.807, 2.05) is 0 Å². The van der Waals surface area contributed by atoms with E-state index in [2.05, 4.69) is 23.1 Å². The molecule has 0 saturated carbocycles. The minimum atomic E-state index is 0.710. The highest BCUT2D eigenvalue weighted by Crippen LogP contribution is 2.21. The molecule has 2 nitrogen and oxygen atoms in total. The molecule has 1 rings (SSSR count). The van der Waals surface area contributed by atoms with Gasteiger partial charge in [-0.15, -0.1) is 0 Å². The van der Waals surface area contributed by atoms with E-state index < -0.39 is 0 Å². The summed E-state index contributed by atoms with van der Waals surface area (Å²) in [7, 11) is 0. The van der Waals surface area contributed by atoms with Gasteiger partial charge in [-0.3, -0.25) is 0 Å². The van der Waals surface area contributed by atoms with Crippen molar-refractivity contribution in [2.75, 3.05) is 24.6 Å². The first-order chi connectivity index (χ1) is 6.93. The van der Waals surface area contributed by atoms with Gasteiger partial charge in [0.15, 0.2) is 0 Å². The van der Waals surface area contributed by atoms with E-state index in [1.165, 1.54) is 30.9 Å². The summed E-state index contributed by atoms with van der Waals surface area (Å²) < 4.78 is 0. The normalized spacial score (nSPS) is 17.9. The first-order valence-electron chi connectivity index (χ1n) is 5.59. The Morgan fingerprint density at radius 1 is 1.29 bits per heavy atom. The zero-order chi connectivity index (χ0) is 10.1. The molecule has 0 bridgehead atoms. The first kappa shape index (κ1) is 11.9. The van der Waals surface area contributed by atoms with Crippen molar-refractivity contribution in [1.29, 1.82) is 5.26 Å². The van der Waals surface area contributed by atoms with Gasteiger partial charge in [-0.1, -0.05) is 0 Å². The van der Waals surface area contributed by atoms with Gasteiger partial charge in [0, 0.05) is 6.42 Å². The molecule has 1 aliphatic heterocycles. The topological polar surface area (TPSA) is 35.8 Å². The lowest BCUT2D eigenvalue weighted by Crippen LogP contribution is -2.26. The van der Waals surface area contributed by atoms with Crippen LogP contribution in [-0.2, 0) is 0 Å². The predicted octanol–water partition coefficient (Wildman–Crippen LogP) is 2.41. The van der Waals surface area contributed by atoms with Gasteiger partial charge in [0.05, 0.1) is 6.07 Å². The molecule has 80 valence electrons. The second-order valence-corrected chi connectivity index (χ2v) is 5.10. The fraction of sp³-hybridized carbons (Fsp3) is 0.909. The number of nitriles is 1. The maximum atomic E-state index is 8.35. The zero-order valence-corrected chi connectivity index (χ0v) is 9.61. The third kappa shape index (κ3) is 5.51. The molecular weight excluding hydrogens is 192 g/mol. The van der Waals surface area contributed by atoms with E-state index in [1.54, 1.807) is 0 Å². The molecule has 0 radical (unpaired) electrons. The monoisotopic (exact) mass is 212 g/mol. The van der Waals surface area contributed by atoms with Gasteiger partial charge in [-0.2, -0.15) is 17.0 Å². The molecule has 1 N–H and O–H groups in total. The number of unbranched alkanes of at least 4 members (excludes halogenated alkanes) is 2. The largest absolute Gasteiger partial charge is 0.316 e. The van der Waals surface area contributed by atoms with Crippen molar-refractivity contribution in [3.8, 4) is 6.07 Å². The minimum Gasteiger partial charge on any atom is -0.316 e. The maximum absolute atomic E-state index is 8.35. The quantitative estimate of drug-likeness (QED) is 0.687. The van der Waals surface area contributed by atoms with Crippen LogP contribution < -0.4 is 5.32 Å². The second-order valence-electron chi connectivity index (χ2n) is 3.88. The van der Waals surface area contributed by atoms with Crippen molar-refractivity contribution in [2.45, 2.75) is 32.1 Å². The van der Waals surface area contributed by atoms with Gasteiger partial charge in [0.1, 0.15) is 0 Å². The first-order valence-corrected chi connectivity index (χ1v) is 6.74. The highest BCUT2D eigenvalue weighted by molar-refractivity contribution is 7.99. The van der Waals surface area contributed by atoms with Crippen molar-refractivity contribution in [3.05, 3.63) is 0 Å². The fourth-order valence-corrected chi connectivity index (χ4v) is 2.91. The molecular formula is C11H20N2S. The van der Waals surface area contributed by atoms with Crippen molar-refractivity contribution in [1.82, 2.24) is 5.32 Å². The van der Waals surface area contributed by atoms with Gasteiger partial charge >= 0.3 is 0 Å². The SMILES string of the molecule is N#CCCCCNCC1CCSCC1. The molecule has 0 aliphatic carbocycles. The molecule has 1 fully saturated rings. The summed E-state index contributed by atoms with van der Waals surface area (Å²) in [5.41, 5.74) is 0. The fourth-order valence-electron chi connectivity index (χ4n) is 1.71. The molecule has 1 aliphatic rings. The van der Waals surface area contributed by atoms with Gasteiger partial charge in [-0.25, -0.2) is 0 Å². The lowest BCUT2D eigenvalue weighted by atomic mass is 10.0. The highest BCUT2D eigenvalue weighted by atomic mass is 32.2. The van der Waals surface area contributed by atoms with Gasteiger partial charge < -0.3 is 5.32 Å². The molecule has 1 heterocycles. The van der Waals surface area contributed by atoms with Crippen LogP contribution in [0, 0.1) is 17.2 Å². The van der Waals surface area contributed by atoms with Crippen molar-refractivity contribution in [3.63, 3.8) is 0 Å². The summed E-state index contributed by atoms with van der Waals surface area (Å²) >= 11 is 2.09. The molecule has 0 unspecified atom stereocenters. The lowest BCUT2D eigenvalue weighted by molar-refractivity contribution is 0.444. The van der Waals surface area contributed by atoms with Gasteiger partial charge in [-0.05, 0) is 56.2 Å². The van der Waals surface area contributed by atoms with Crippen LogP contribution >= 0.6 is 11.8 Å². The number of rotatable bonds is 6. The van der Waals surface area contributed by atoms with Crippen LogP contribution in [0.4, 0.5) is 0 Å². The molecule has 0 aromatic heterocycles. The smallest absolute Gasteiger partial charge is 0.0621 e. The van der Waals surface area contributed by atoms with E-state index in [9.17, 15) is 0 Å². The van der Waals surface area contributed by atoms with Gasteiger partial charge in [0.25, 0.3) is 0 Å². The lowest BCUT2D eigenvalue weighted by Gasteiger charge is -2.21. The van der Waals surface area contributed by atoms with E-state index in [-0.39, 0.29) is 0 Å². The maximum Gasteiger partial charge on any atom is 0.0621 e. The van der Waals surface area contributed by atoms with Crippen LogP contribution in [0.1, 0.15) is 32.1 Å². The Kier molecular flexibility index (Phi) is 6.90. The third-order valence-electron chi connectivity index (χ3n) is 2.67. The second kappa shape index (κ2) is 8.14. The van der Waals surface area contributed by atoms with Crippen LogP contribution in [0.15, 0.2) is 0 Å². The van der Waals surface area contributed by atoms with Crippen molar-refractivity contribution >= 4 is 11.8 Å². The van der Waals surface area contributed by atoms with Crippen LogP contribution in [0.5, 0.6) is 0 Å². The van der Waals surface area contributed by atoms with Crippen molar-refractivity contribution < 1.29 is 0 Å². The summed E-state index contributed by atoms with van der Waals surface area (Å²) in [5.74, 6) is 3.61. The Hall–Kier alpha value is -0.200. The Labute approximate surface area is 91.4 Å². The third-order valence-corrected chi connectivity index (χ3v) is 3.71. The standard InChI is InChI=1S/C11H20N2S/c12-6-2-1-3-7-13-10-11-4-8-14-9-5-11/h11,13H,1-5,7-10H2. The Morgan fingerprint density at radius 2 is 2.07 bits per heavy atom. The Balaban J connectivity index is 1.85. The number of nitrogens with zero attached hydrogens (tertiary/aromatic N) is 1. The van der Waals surface area contributed by atoms with Crippen LogP contribution in [0.2, 0.25) is 0 Å². The average molecular weight is 212 g/mol. The summed E-state index contributed by atoms with van der Waals surface area (Å²) in [4.78, 5) is 0. The summed E-state index contributed by atoms with van der Waals surface area (Å²) in [5, 5.41) is 11.8. The van der Waals surface area contributed by atoms with E-state index >= 15 is 0 Å². The van der Waals surface area contributed by atoms with Gasteiger partial charge in [0.2, 0.25) is 0 Å². The number of hydrogen-bond acceptors (Lipinski definition) is 3. The minimum absolute atomic E-state index is 0.710. The molecule has 1 saturated heterocycles. The molecule has 0 spiro atoms. The highest BCUT2D eigenvalue weighted by Gasteiger charge is 2.12. The van der Waals surface area contributed by atoms with E-state index in [4.69, 9.17) is 5.26 Å². The molecule has 0 aromatic rings. The van der Waals surface area contributed by atoms with Crippen LogP contribution in [-0.4, -0.2) is 24.6 Å². The average Bonchev–Trinajstić information content (AvgIpc) is 2.25. The Morgan fingerprint density at radius 3 is 2.79 bits per heavy atom. The molecule has 0 aromatic carbocycles. The number of thioether (sulfide) groups is 1. The molecule has 0 amide bonds. The predicted molar refractivity (Wildman–Crippen MR) is 62.4 cm³/mol. The summed E-state index contributed by atoms with van der Waals surface area (Å²) in [6.07, 6.45) is 5.67. The number of nitrogens with one attached hydrogen (secondary N) is 1. The Bertz CT molecular complexity index is 171. The number of hydrogen-bond donors (Lipinski definition) is 1. The van der Waals surface area contributed by atoms with E-state index in [0.717, 1.165) is 25.3 Å². The summed E-state index contributed by atoms with van der Waals surface area (Å²) in [6, 6.07) is 2.18. The summed E-state index contributed by atoms with van der Waals surface area (Å²) in [6.45, 7) is 2.28. The van der Waals surface area contributed by atoms with Crippen molar-refractivity contribution in [2.24, 2.45) is 5.92 Å². The molecule has 0 atom stereocenters. The molecule has 14 heavy (non-hydrogen) atoms. The van der Waals surface area contributed by atoms with E-state index in [0.29, 0.717) is 6.42 Å². The molecule has 3 heteroatoms. The van der Waals surface area contributed by atoms with Crippen LogP contribution in [0.25, 0.3) is 0 Å². The van der Waals surface area contributed by atoms with Crippen LogP contribution in [0.3, 0.4) is 0 Å².